The number of fused-ring (bicyclic) bond motifs is 3. The molecule has 0 spiro atoms. The summed E-state index contributed by atoms with van der Waals surface area (Å²) in [6.45, 7) is 0.669. The topological polar surface area (TPSA) is 144 Å². The fraction of sp³-hybridized carbons (Fsp3) is 0.250. The fourth-order valence-corrected chi connectivity index (χ4v) is 3.93. The van der Waals surface area contributed by atoms with Crippen molar-refractivity contribution >= 4 is 20.2 Å². The van der Waals surface area contributed by atoms with Crippen LogP contribution in [0.4, 0.5) is 0 Å². The predicted octanol–water partition coefficient (Wildman–Crippen LogP) is 1.48. The Bertz CT molecular complexity index is 1080. The average Bonchev–Trinajstić information content (AvgIpc) is 2.91. The maximum atomic E-state index is 11.6. The van der Waals surface area contributed by atoms with Crippen LogP contribution in [0, 0.1) is 0 Å². The van der Waals surface area contributed by atoms with Crippen molar-refractivity contribution in [3.05, 3.63) is 41.5 Å². The third kappa shape index (κ3) is 3.60. The summed E-state index contributed by atoms with van der Waals surface area (Å²) in [6.07, 6.45) is 0.963. The van der Waals surface area contributed by atoms with Gasteiger partial charge in [-0.25, -0.2) is 0 Å². The monoisotopic (exact) mass is 399 g/mol. The zero-order valence-corrected chi connectivity index (χ0v) is 15.2. The van der Waals surface area contributed by atoms with Crippen LogP contribution in [0.1, 0.15) is 17.5 Å². The van der Waals surface area contributed by atoms with Crippen molar-refractivity contribution in [2.75, 3.05) is 13.2 Å². The first-order chi connectivity index (χ1) is 12.1. The van der Waals surface area contributed by atoms with E-state index in [1.54, 1.807) is 6.07 Å². The lowest BCUT2D eigenvalue weighted by molar-refractivity contribution is 0.310. The first-order valence-electron chi connectivity index (χ1n) is 7.69. The van der Waals surface area contributed by atoms with Crippen LogP contribution in [-0.4, -0.2) is 39.1 Å². The van der Waals surface area contributed by atoms with Crippen molar-refractivity contribution < 1.29 is 30.7 Å². The van der Waals surface area contributed by atoms with Crippen LogP contribution in [-0.2, 0) is 26.7 Å². The summed E-state index contributed by atoms with van der Waals surface area (Å²) < 4.78 is 70.3. The molecule has 1 aliphatic rings. The van der Waals surface area contributed by atoms with Crippen molar-refractivity contribution in [3.63, 3.8) is 0 Å². The molecule has 0 radical (unpaired) electrons. The molecule has 0 fully saturated rings. The second-order valence-corrected chi connectivity index (χ2v) is 8.73. The first kappa shape index (κ1) is 18.8. The van der Waals surface area contributed by atoms with E-state index in [2.05, 4.69) is 0 Å². The van der Waals surface area contributed by atoms with Crippen LogP contribution in [0.2, 0.25) is 0 Å². The number of ether oxygens (including phenoxy) is 1. The van der Waals surface area contributed by atoms with Gasteiger partial charge in [0.1, 0.15) is 5.75 Å². The molecule has 10 heteroatoms. The summed E-state index contributed by atoms with van der Waals surface area (Å²) >= 11 is 0. The van der Waals surface area contributed by atoms with Gasteiger partial charge in [0.25, 0.3) is 20.2 Å². The summed E-state index contributed by atoms with van der Waals surface area (Å²) in [6, 6.07) is 6.60. The van der Waals surface area contributed by atoms with E-state index < -0.39 is 20.2 Å². The molecule has 0 saturated carbocycles. The highest BCUT2D eigenvalue weighted by atomic mass is 32.2. The molecular formula is C16H17NO7S2. The maximum absolute atomic E-state index is 11.6. The van der Waals surface area contributed by atoms with Crippen LogP contribution in [0.5, 0.6) is 5.75 Å². The molecule has 0 atom stereocenters. The number of hydrogen-bond acceptors (Lipinski definition) is 6. The van der Waals surface area contributed by atoms with E-state index in [1.165, 1.54) is 24.3 Å². The van der Waals surface area contributed by atoms with Gasteiger partial charge in [-0.2, -0.15) is 16.8 Å². The molecule has 0 heterocycles. The molecular weight excluding hydrogens is 382 g/mol. The van der Waals surface area contributed by atoms with Crippen LogP contribution in [0.15, 0.2) is 40.1 Å². The van der Waals surface area contributed by atoms with Gasteiger partial charge < -0.3 is 10.5 Å². The minimum absolute atomic E-state index is 0.268. The van der Waals surface area contributed by atoms with E-state index in [0.29, 0.717) is 36.1 Å². The number of rotatable bonds is 6. The molecule has 0 aromatic heterocycles. The van der Waals surface area contributed by atoms with Crippen molar-refractivity contribution in [3.8, 4) is 16.9 Å². The molecule has 8 nitrogen and oxygen atoms in total. The molecule has 0 saturated heterocycles. The van der Waals surface area contributed by atoms with Gasteiger partial charge in [0, 0.05) is 18.1 Å². The number of hydrogen-bond donors (Lipinski definition) is 3. The average molecular weight is 399 g/mol. The van der Waals surface area contributed by atoms with E-state index in [9.17, 15) is 25.9 Å². The SMILES string of the molecule is NCCCOc1cc(S(=O)(=O)O)cc2c1Cc1ccc(S(=O)(=O)O)cc1-2. The van der Waals surface area contributed by atoms with E-state index >= 15 is 0 Å². The number of nitrogens with two attached hydrogens (primary N) is 1. The lowest BCUT2D eigenvalue weighted by atomic mass is 10.1. The largest absolute Gasteiger partial charge is 0.493 e. The van der Waals surface area contributed by atoms with Crippen LogP contribution in [0.3, 0.4) is 0 Å². The molecule has 140 valence electrons. The molecule has 0 amide bonds. The maximum Gasteiger partial charge on any atom is 0.294 e. The van der Waals surface area contributed by atoms with Crippen molar-refractivity contribution in [1.29, 1.82) is 0 Å². The van der Waals surface area contributed by atoms with Crippen LogP contribution in [0.25, 0.3) is 11.1 Å². The molecule has 0 unspecified atom stereocenters. The van der Waals surface area contributed by atoms with Gasteiger partial charge in [-0.1, -0.05) is 6.07 Å². The summed E-state index contributed by atoms with van der Waals surface area (Å²) in [4.78, 5) is -0.656. The lowest BCUT2D eigenvalue weighted by Crippen LogP contribution is -2.08. The number of benzene rings is 2. The predicted molar refractivity (Wildman–Crippen MR) is 93.5 cm³/mol. The second-order valence-electron chi connectivity index (χ2n) is 5.88. The Morgan fingerprint density at radius 2 is 1.62 bits per heavy atom. The van der Waals surface area contributed by atoms with Gasteiger partial charge in [0.15, 0.2) is 0 Å². The Morgan fingerprint density at radius 1 is 0.962 bits per heavy atom. The van der Waals surface area contributed by atoms with Gasteiger partial charge in [-0.05, 0) is 47.9 Å². The summed E-state index contributed by atoms with van der Waals surface area (Å²) in [5, 5.41) is 0. The summed E-state index contributed by atoms with van der Waals surface area (Å²) in [5.41, 5.74) is 7.76. The normalized spacial score (nSPS) is 13.3. The summed E-state index contributed by atoms with van der Waals surface area (Å²) in [5.74, 6) is 0.285. The first-order valence-corrected chi connectivity index (χ1v) is 10.6. The standard InChI is InChI=1S/C16H17NO7S2/c17-4-1-5-24-16-9-12(26(21,22)23)8-14-13-7-11(25(18,19)20)3-2-10(13)6-15(14)16/h2-3,7-9H,1,4-6,17H2,(H,18,19,20)(H,21,22,23). The van der Waals surface area contributed by atoms with Crippen molar-refractivity contribution in [1.82, 2.24) is 0 Å². The third-order valence-electron chi connectivity index (χ3n) is 4.12. The Kier molecular flexibility index (Phi) is 4.80. The quantitative estimate of drug-likeness (QED) is 0.417. The minimum atomic E-state index is -4.49. The zero-order chi connectivity index (χ0) is 19.1. The molecule has 1 aliphatic carbocycles. The Morgan fingerprint density at radius 3 is 2.23 bits per heavy atom. The fourth-order valence-electron chi connectivity index (χ4n) is 2.90. The van der Waals surface area contributed by atoms with Crippen LogP contribution < -0.4 is 10.5 Å². The van der Waals surface area contributed by atoms with Crippen LogP contribution >= 0.6 is 0 Å². The van der Waals surface area contributed by atoms with E-state index in [-0.39, 0.29) is 22.1 Å². The molecule has 4 N–H and O–H groups in total. The Balaban J connectivity index is 2.18. The van der Waals surface area contributed by atoms with E-state index in [0.717, 1.165) is 5.56 Å². The zero-order valence-electron chi connectivity index (χ0n) is 13.5. The van der Waals surface area contributed by atoms with E-state index in [4.69, 9.17) is 10.5 Å². The molecule has 0 aliphatic heterocycles. The van der Waals surface area contributed by atoms with Gasteiger partial charge in [-0.15, -0.1) is 0 Å². The van der Waals surface area contributed by atoms with Gasteiger partial charge in [0.05, 0.1) is 16.4 Å². The third-order valence-corrected chi connectivity index (χ3v) is 5.80. The Hall–Kier alpha value is -1.98. The minimum Gasteiger partial charge on any atom is -0.493 e. The van der Waals surface area contributed by atoms with Gasteiger partial charge in [-0.3, -0.25) is 9.11 Å². The summed E-state index contributed by atoms with van der Waals surface area (Å²) in [7, 11) is -8.90. The smallest absolute Gasteiger partial charge is 0.294 e. The van der Waals surface area contributed by atoms with Crippen molar-refractivity contribution in [2.24, 2.45) is 5.73 Å². The highest BCUT2D eigenvalue weighted by Gasteiger charge is 2.27. The lowest BCUT2D eigenvalue weighted by Gasteiger charge is -2.12. The highest BCUT2D eigenvalue weighted by molar-refractivity contribution is 7.86. The molecule has 26 heavy (non-hydrogen) atoms. The molecule has 0 bridgehead atoms. The van der Waals surface area contributed by atoms with E-state index in [1.807, 2.05) is 0 Å². The Labute approximate surface area is 151 Å². The molecule has 3 rings (SSSR count). The van der Waals surface area contributed by atoms with Crippen molar-refractivity contribution in [2.45, 2.75) is 22.6 Å². The van der Waals surface area contributed by atoms with Gasteiger partial charge in [0.2, 0.25) is 0 Å². The molecule has 2 aromatic rings. The highest BCUT2D eigenvalue weighted by Crippen LogP contribution is 2.43. The second kappa shape index (κ2) is 6.63. The van der Waals surface area contributed by atoms with Gasteiger partial charge >= 0.3 is 0 Å². The molecule has 2 aromatic carbocycles.